The van der Waals surface area contributed by atoms with Crippen molar-refractivity contribution in [3.63, 3.8) is 0 Å². The van der Waals surface area contributed by atoms with E-state index in [4.69, 9.17) is 5.21 Å². The van der Waals surface area contributed by atoms with E-state index in [1.165, 1.54) is 0 Å². The summed E-state index contributed by atoms with van der Waals surface area (Å²) in [5.41, 5.74) is 0.921. The highest BCUT2D eigenvalue weighted by Gasteiger charge is 2.16. The lowest BCUT2D eigenvalue weighted by atomic mass is 10.4. The normalized spacial score (nSPS) is 20.7. The van der Waals surface area contributed by atoms with Gasteiger partial charge < -0.3 is 5.32 Å². The van der Waals surface area contributed by atoms with Crippen molar-refractivity contribution in [2.75, 3.05) is 0 Å². The highest BCUT2D eigenvalue weighted by molar-refractivity contribution is 5.25. The Morgan fingerprint density at radius 3 is 3.10 bits per heavy atom. The van der Waals surface area contributed by atoms with Crippen molar-refractivity contribution < 1.29 is 5.21 Å². The molecule has 0 saturated carbocycles. The van der Waals surface area contributed by atoms with Crippen LogP contribution in [0, 0.1) is 0 Å². The number of nitrogens with one attached hydrogen (secondary N) is 1. The molecular weight excluding hydrogens is 130 g/mol. The molecule has 0 unspecified atom stereocenters. The monoisotopic (exact) mass is 137 g/mol. The van der Waals surface area contributed by atoms with Crippen molar-refractivity contribution in [3.05, 3.63) is 36.6 Å². The highest BCUT2D eigenvalue weighted by Crippen LogP contribution is 2.17. The molecule has 0 aromatic rings. The summed E-state index contributed by atoms with van der Waals surface area (Å²) in [6, 6.07) is 0. The second kappa shape index (κ2) is 1.78. The van der Waals surface area contributed by atoms with Gasteiger partial charge in [0.15, 0.2) is 0 Å². The van der Waals surface area contributed by atoms with Crippen molar-refractivity contribution in [1.29, 1.82) is 0 Å². The Morgan fingerprint density at radius 2 is 2.30 bits per heavy atom. The van der Waals surface area contributed by atoms with Crippen LogP contribution in [0.5, 0.6) is 0 Å². The van der Waals surface area contributed by atoms with E-state index >= 15 is 0 Å². The Hall–Kier alpha value is -1.42. The van der Waals surface area contributed by atoms with Crippen LogP contribution in [0.3, 0.4) is 0 Å². The molecule has 0 radical (unpaired) electrons. The van der Waals surface area contributed by atoms with Crippen LogP contribution in [0.4, 0.5) is 0 Å². The second-order valence-corrected chi connectivity index (χ2v) is 2.03. The number of rotatable bonds is 0. The molecule has 0 fully saturated rings. The topological polar surface area (TPSA) is 38.7 Å². The number of allylic oxidation sites excluding steroid dienone is 1. The van der Waals surface area contributed by atoms with Gasteiger partial charge in [-0.05, 0) is 6.08 Å². The van der Waals surface area contributed by atoms with E-state index in [9.17, 15) is 0 Å². The summed E-state index contributed by atoms with van der Waals surface area (Å²) in [4.78, 5) is 0. The molecule has 0 saturated heterocycles. The van der Waals surface area contributed by atoms with Crippen molar-refractivity contribution >= 4 is 0 Å². The molecule has 2 aliphatic heterocycles. The molecule has 0 atom stereocenters. The van der Waals surface area contributed by atoms with Gasteiger partial charge in [0.1, 0.15) is 0 Å². The molecule has 0 aromatic carbocycles. The fraction of sp³-hybridized carbons (Fsp3) is 0. The average Bonchev–Trinajstić information content (AvgIpc) is 2.34. The van der Waals surface area contributed by atoms with Gasteiger partial charge in [0.2, 0.25) is 0 Å². The van der Waals surface area contributed by atoms with Crippen LogP contribution in [-0.4, -0.2) is 15.4 Å². The molecule has 2 aliphatic rings. The van der Waals surface area contributed by atoms with Gasteiger partial charge in [-0.2, -0.15) is 5.17 Å². The fourth-order valence-electron chi connectivity index (χ4n) is 0.925. The largest absolute Gasteiger partial charge is 0.364 e. The summed E-state index contributed by atoms with van der Waals surface area (Å²) < 4.78 is 0. The lowest BCUT2D eigenvalue weighted by molar-refractivity contribution is -0.156. The first-order valence-corrected chi connectivity index (χ1v) is 2.96. The summed E-state index contributed by atoms with van der Waals surface area (Å²) in [7, 11) is 0. The number of hydrogen-bond donors (Lipinski definition) is 2. The van der Waals surface area contributed by atoms with Gasteiger partial charge in [-0.15, -0.1) is 0 Å². The molecule has 4 nitrogen and oxygen atoms in total. The quantitative estimate of drug-likeness (QED) is 0.505. The van der Waals surface area contributed by atoms with Crippen molar-refractivity contribution in [1.82, 2.24) is 15.5 Å². The molecule has 2 N–H and O–H groups in total. The van der Waals surface area contributed by atoms with E-state index in [1.807, 2.05) is 0 Å². The van der Waals surface area contributed by atoms with Gasteiger partial charge in [0, 0.05) is 18.6 Å². The molecule has 0 amide bonds. The Bertz CT molecular complexity index is 231. The summed E-state index contributed by atoms with van der Waals surface area (Å²) in [5.74, 6) is 0. The standard InChI is InChI=1S/C6H7N3O/c10-9-3-1-6-5-7-2-4-8(6)9/h1-5,7,10H. The molecule has 52 valence electrons. The minimum atomic E-state index is 0.921. The van der Waals surface area contributed by atoms with Crippen molar-refractivity contribution in [2.24, 2.45) is 0 Å². The Balaban J connectivity index is 2.30. The van der Waals surface area contributed by atoms with Crippen LogP contribution in [0.2, 0.25) is 0 Å². The first-order chi connectivity index (χ1) is 4.88. The molecule has 0 aromatic heterocycles. The zero-order chi connectivity index (χ0) is 6.97. The molecule has 2 rings (SSSR count). The zero-order valence-electron chi connectivity index (χ0n) is 5.23. The van der Waals surface area contributed by atoms with Crippen LogP contribution >= 0.6 is 0 Å². The summed E-state index contributed by atoms with van der Waals surface area (Å²) in [6.07, 6.45) is 8.64. The molecule has 0 aliphatic carbocycles. The zero-order valence-corrected chi connectivity index (χ0v) is 5.23. The lowest BCUT2D eigenvalue weighted by Crippen LogP contribution is -2.29. The summed E-state index contributed by atoms with van der Waals surface area (Å²) >= 11 is 0. The molecule has 4 heteroatoms. The van der Waals surface area contributed by atoms with E-state index in [1.54, 1.807) is 35.9 Å². The maximum Gasteiger partial charge on any atom is 0.0825 e. The molecule has 0 bridgehead atoms. The SMILES string of the molecule is ON1C=CC2=CNC=CN21. The maximum absolute atomic E-state index is 9.08. The smallest absolute Gasteiger partial charge is 0.0825 e. The number of hydroxylamine groups is 1. The first-order valence-electron chi connectivity index (χ1n) is 2.96. The maximum atomic E-state index is 9.08. The van der Waals surface area contributed by atoms with Gasteiger partial charge in [-0.3, -0.25) is 5.21 Å². The Morgan fingerprint density at radius 1 is 1.40 bits per heavy atom. The van der Waals surface area contributed by atoms with Crippen molar-refractivity contribution in [3.8, 4) is 0 Å². The third kappa shape index (κ3) is 0.593. The van der Waals surface area contributed by atoms with Gasteiger partial charge in [-0.25, -0.2) is 5.01 Å². The predicted molar refractivity (Wildman–Crippen MR) is 35.0 cm³/mol. The highest BCUT2D eigenvalue weighted by atomic mass is 16.5. The van der Waals surface area contributed by atoms with Crippen LogP contribution in [0.1, 0.15) is 0 Å². The Kier molecular flexibility index (Phi) is 0.956. The van der Waals surface area contributed by atoms with Gasteiger partial charge in [0.25, 0.3) is 0 Å². The third-order valence-electron chi connectivity index (χ3n) is 1.41. The number of hydrogen-bond acceptors (Lipinski definition) is 4. The number of nitrogens with zero attached hydrogens (tertiary/aromatic N) is 2. The average molecular weight is 137 g/mol. The van der Waals surface area contributed by atoms with Gasteiger partial charge >= 0.3 is 0 Å². The second-order valence-electron chi connectivity index (χ2n) is 2.03. The van der Waals surface area contributed by atoms with Gasteiger partial charge in [0.05, 0.1) is 11.9 Å². The molecular formula is C6H7N3O. The van der Waals surface area contributed by atoms with Crippen molar-refractivity contribution in [2.45, 2.75) is 0 Å². The van der Waals surface area contributed by atoms with Gasteiger partial charge in [-0.1, -0.05) is 0 Å². The summed E-state index contributed by atoms with van der Waals surface area (Å²) in [5, 5.41) is 14.6. The first kappa shape index (κ1) is 5.37. The van der Waals surface area contributed by atoms with E-state index < -0.39 is 0 Å². The van der Waals surface area contributed by atoms with E-state index in [2.05, 4.69) is 5.32 Å². The fourth-order valence-corrected chi connectivity index (χ4v) is 0.925. The van der Waals surface area contributed by atoms with Crippen LogP contribution < -0.4 is 5.32 Å². The molecule has 2 heterocycles. The minimum absolute atomic E-state index is 0.921. The van der Waals surface area contributed by atoms with Crippen LogP contribution in [0.15, 0.2) is 36.6 Å². The van der Waals surface area contributed by atoms with E-state index in [0.717, 1.165) is 10.9 Å². The molecule has 10 heavy (non-hydrogen) atoms. The minimum Gasteiger partial charge on any atom is -0.364 e. The lowest BCUT2D eigenvalue weighted by Gasteiger charge is -2.23. The molecule has 0 spiro atoms. The van der Waals surface area contributed by atoms with Crippen LogP contribution in [-0.2, 0) is 0 Å². The van der Waals surface area contributed by atoms with E-state index in [-0.39, 0.29) is 0 Å². The predicted octanol–water partition coefficient (Wildman–Crippen LogP) is 0.338. The Labute approximate surface area is 58.3 Å². The number of hydrazine groups is 1. The third-order valence-corrected chi connectivity index (χ3v) is 1.41. The summed E-state index contributed by atoms with van der Waals surface area (Å²) in [6.45, 7) is 0. The van der Waals surface area contributed by atoms with E-state index in [0.29, 0.717) is 0 Å². The van der Waals surface area contributed by atoms with Crippen LogP contribution in [0.25, 0.3) is 0 Å². The number of fused-ring (bicyclic) bond motifs is 1.